The van der Waals surface area contributed by atoms with Crippen molar-refractivity contribution in [2.75, 3.05) is 0 Å². The molecule has 0 bridgehead atoms. The van der Waals surface area contributed by atoms with E-state index in [-0.39, 0.29) is 9.80 Å². The van der Waals surface area contributed by atoms with Gasteiger partial charge in [-0.1, -0.05) is 0 Å². The number of rotatable bonds is 0. The number of hydrogen-bond donors (Lipinski definition) is 0. The highest BCUT2D eigenvalue weighted by atomic mass is 33.1. The van der Waals surface area contributed by atoms with Gasteiger partial charge in [0, 0.05) is 5.57 Å². The van der Waals surface area contributed by atoms with Gasteiger partial charge >= 0.3 is 0 Å². The quantitative estimate of drug-likeness (QED) is 0.395. The Morgan fingerprint density at radius 1 is 1.67 bits per heavy atom. The van der Waals surface area contributed by atoms with Gasteiger partial charge in [-0.3, -0.25) is 0 Å². The first-order chi connectivity index (χ1) is 4.38. The first kappa shape index (κ1) is 5.62. The second kappa shape index (κ2) is 1.92. The summed E-state index contributed by atoms with van der Waals surface area (Å²) in [5.74, 6) is 0. The summed E-state index contributed by atoms with van der Waals surface area (Å²) < 4.78 is 5.32. The molecule has 0 N–H and O–H groups in total. The maximum absolute atomic E-state index is 5.32. The molecule has 0 saturated heterocycles. The van der Waals surface area contributed by atoms with Crippen molar-refractivity contribution in [3.8, 4) is 0 Å². The Morgan fingerprint density at radius 2 is 2.56 bits per heavy atom. The molecular weight excluding hydrogens is 152 g/mol. The molecule has 9 heavy (non-hydrogen) atoms. The molecule has 0 aromatic carbocycles. The van der Waals surface area contributed by atoms with E-state index in [0.29, 0.717) is 0 Å². The molecule has 1 atom stereocenters. The molecule has 0 spiro atoms. The molecule has 0 aromatic rings. The van der Waals surface area contributed by atoms with Crippen LogP contribution in [0.5, 0.6) is 0 Å². The molecule has 1 nitrogen and oxygen atoms in total. The lowest BCUT2D eigenvalue weighted by molar-refractivity contribution is 0.574. The number of hydrogen-bond acceptors (Lipinski definition) is 2. The monoisotopic (exact) mass is 158 g/mol. The molecule has 3 heteroatoms. The van der Waals surface area contributed by atoms with E-state index in [1.54, 1.807) is 10.8 Å². The van der Waals surface area contributed by atoms with Gasteiger partial charge in [-0.05, 0) is 29.2 Å². The molecule has 2 heterocycles. The van der Waals surface area contributed by atoms with Gasteiger partial charge in [0.05, 0.1) is 14.7 Å². The van der Waals surface area contributed by atoms with Gasteiger partial charge in [-0.2, -0.15) is 0 Å². The van der Waals surface area contributed by atoms with Crippen LogP contribution >= 0.6 is 20.6 Å². The number of allylic oxidation sites excluding steroid dienone is 2. The third-order valence-corrected chi connectivity index (χ3v) is 4.39. The fourth-order valence-corrected chi connectivity index (χ4v) is 3.71. The second-order valence-corrected chi connectivity index (χ2v) is 4.95. The van der Waals surface area contributed by atoms with Crippen LogP contribution in [0.15, 0.2) is 23.3 Å². The van der Waals surface area contributed by atoms with Gasteiger partial charge in [0.2, 0.25) is 0 Å². The van der Waals surface area contributed by atoms with E-state index < -0.39 is 0 Å². The normalized spacial score (nSPS) is 30.1. The van der Waals surface area contributed by atoms with Crippen molar-refractivity contribution in [3.63, 3.8) is 0 Å². The smallest absolute Gasteiger partial charge is 0.106 e. The predicted octanol–water partition coefficient (Wildman–Crippen LogP) is 2.45. The Morgan fingerprint density at radius 3 is 3.33 bits per heavy atom. The van der Waals surface area contributed by atoms with Crippen LogP contribution in [0.1, 0.15) is 6.92 Å². The van der Waals surface area contributed by atoms with Crippen molar-refractivity contribution in [2.45, 2.75) is 6.92 Å². The van der Waals surface area contributed by atoms with Crippen LogP contribution in [-0.4, -0.2) is 4.86 Å². The van der Waals surface area contributed by atoms with Crippen molar-refractivity contribution in [1.29, 1.82) is 0 Å². The summed E-state index contributed by atoms with van der Waals surface area (Å²) in [5.41, 5.74) is 1.28. The van der Waals surface area contributed by atoms with Crippen molar-refractivity contribution >= 4 is 25.5 Å². The summed E-state index contributed by atoms with van der Waals surface area (Å²) in [7, 11) is 1.78. The van der Waals surface area contributed by atoms with E-state index in [1.165, 1.54) is 10.4 Å². The fourth-order valence-electron chi connectivity index (χ4n) is 0.759. The maximum atomic E-state index is 5.32. The molecule has 2 aliphatic rings. The SMILES string of the molecule is CC1=COS2=C1C=CS2. The molecule has 2 rings (SSSR count). The Bertz CT molecular complexity index is 237. The molecule has 0 aromatic heterocycles. The third-order valence-electron chi connectivity index (χ3n) is 1.24. The first-order valence-electron chi connectivity index (χ1n) is 2.67. The minimum atomic E-state index is 0.0316. The van der Waals surface area contributed by atoms with Gasteiger partial charge in [-0.25, -0.2) is 0 Å². The van der Waals surface area contributed by atoms with Crippen molar-refractivity contribution in [1.82, 2.24) is 0 Å². The van der Waals surface area contributed by atoms with Crippen molar-refractivity contribution in [3.05, 3.63) is 23.3 Å². The average Bonchev–Trinajstić information content (AvgIpc) is 2.35. The van der Waals surface area contributed by atoms with E-state index in [1.807, 2.05) is 6.26 Å². The highest BCUT2D eigenvalue weighted by Crippen LogP contribution is 2.44. The minimum absolute atomic E-state index is 0.0316. The Hall–Kier alpha value is -0.150. The predicted molar refractivity (Wildman–Crippen MR) is 44.2 cm³/mol. The van der Waals surface area contributed by atoms with Crippen LogP contribution < -0.4 is 0 Å². The molecule has 0 saturated carbocycles. The average molecular weight is 158 g/mol. The summed E-state index contributed by atoms with van der Waals surface area (Å²) in [6, 6.07) is 0. The maximum Gasteiger partial charge on any atom is 0.106 e. The van der Waals surface area contributed by atoms with Gasteiger partial charge in [-0.15, -0.1) is 0 Å². The topological polar surface area (TPSA) is 9.23 Å². The molecule has 48 valence electrons. The Balaban J connectivity index is 2.44. The molecule has 2 aliphatic heterocycles. The van der Waals surface area contributed by atoms with Crippen LogP contribution in [0.25, 0.3) is 0 Å². The standard InChI is InChI=1S/C6H6OS2/c1-5-4-7-9-6(5)2-3-8-9/h2-4H,1H3. The molecule has 0 fully saturated rings. The van der Waals surface area contributed by atoms with E-state index in [0.717, 1.165) is 0 Å². The van der Waals surface area contributed by atoms with Gasteiger partial charge in [0.1, 0.15) is 6.26 Å². The van der Waals surface area contributed by atoms with E-state index in [4.69, 9.17) is 4.18 Å². The third kappa shape index (κ3) is 0.756. The van der Waals surface area contributed by atoms with Crippen LogP contribution in [-0.2, 0) is 4.18 Å². The lowest BCUT2D eigenvalue weighted by Gasteiger charge is -1.93. The zero-order chi connectivity index (χ0) is 6.27. The van der Waals surface area contributed by atoms with Gasteiger partial charge < -0.3 is 4.18 Å². The van der Waals surface area contributed by atoms with Crippen LogP contribution in [0.4, 0.5) is 0 Å². The molecule has 0 amide bonds. The molecule has 0 radical (unpaired) electrons. The molecule has 0 aliphatic carbocycles. The summed E-state index contributed by atoms with van der Waals surface area (Å²) in [6.07, 6.45) is 3.97. The van der Waals surface area contributed by atoms with E-state index in [9.17, 15) is 0 Å². The van der Waals surface area contributed by atoms with Crippen molar-refractivity contribution < 1.29 is 4.18 Å². The largest absolute Gasteiger partial charge is 0.430 e. The van der Waals surface area contributed by atoms with Crippen LogP contribution in [0.3, 0.4) is 0 Å². The van der Waals surface area contributed by atoms with E-state index >= 15 is 0 Å². The van der Waals surface area contributed by atoms with Gasteiger partial charge in [0.25, 0.3) is 0 Å². The zero-order valence-corrected chi connectivity index (χ0v) is 6.59. The minimum Gasteiger partial charge on any atom is -0.430 e. The zero-order valence-electron chi connectivity index (χ0n) is 4.96. The summed E-state index contributed by atoms with van der Waals surface area (Å²) >= 11 is 0. The molecule has 1 unspecified atom stereocenters. The summed E-state index contributed by atoms with van der Waals surface area (Å²) in [5, 5.41) is 2.09. The summed E-state index contributed by atoms with van der Waals surface area (Å²) in [6.45, 7) is 2.08. The van der Waals surface area contributed by atoms with Gasteiger partial charge in [0.15, 0.2) is 0 Å². The summed E-state index contributed by atoms with van der Waals surface area (Å²) in [4.78, 5) is 1.36. The second-order valence-electron chi connectivity index (χ2n) is 1.90. The highest BCUT2D eigenvalue weighted by Gasteiger charge is 2.16. The highest BCUT2D eigenvalue weighted by molar-refractivity contribution is 8.83. The molecular formula is C6H6OS2. The lowest BCUT2D eigenvalue weighted by atomic mass is 10.2. The van der Waals surface area contributed by atoms with Crippen LogP contribution in [0, 0.1) is 0 Å². The Labute approximate surface area is 60.3 Å². The first-order valence-corrected chi connectivity index (χ1v) is 5.22. The fraction of sp³-hybridized carbons (Fsp3) is 0.167. The van der Waals surface area contributed by atoms with Crippen LogP contribution in [0.2, 0.25) is 0 Å². The Kier molecular flexibility index (Phi) is 1.20. The van der Waals surface area contributed by atoms with Crippen molar-refractivity contribution in [2.24, 2.45) is 0 Å². The van der Waals surface area contributed by atoms with E-state index in [2.05, 4.69) is 18.4 Å². The lowest BCUT2D eigenvalue weighted by Crippen LogP contribution is -1.85.